The van der Waals surface area contributed by atoms with Gasteiger partial charge in [-0.1, -0.05) is 12.1 Å². The Labute approximate surface area is 132 Å². The minimum absolute atomic E-state index is 0.159. The van der Waals surface area contributed by atoms with Crippen molar-refractivity contribution in [1.82, 2.24) is 4.90 Å². The molecule has 0 saturated carbocycles. The molecule has 0 radical (unpaired) electrons. The molecule has 1 unspecified atom stereocenters. The molecular weight excluding hydrogens is 311 g/mol. The summed E-state index contributed by atoms with van der Waals surface area (Å²) in [4.78, 5) is 12.6. The Morgan fingerprint density at radius 1 is 1.26 bits per heavy atom. The van der Waals surface area contributed by atoms with Gasteiger partial charge in [-0.15, -0.1) is 0 Å². The van der Waals surface area contributed by atoms with Gasteiger partial charge in [-0.3, -0.25) is 9.69 Å². The number of ether oxygens (including phenoxy) is 1. The lowest BCUT2D eigenvalue weighted by molar-refractivity contribution is -0.138. The van der Waals surface area contributed by atoms with Crippen LogP contribution in [-0.4, -0.2) is 42.2 Å². The average molecular weight is 331 g/mol. The molecule has 2 rings (SSSR count). The molecule has 1 heterocycles. The topological polar surface area (TPSA) is 49.8 Å². The second-order valence-corrected chi connectivity index (χ2v) is 5.63. The van der Waals surface area contributed by atoms with Crippen molar-refractivity contribution in [3.8, 4) is 0 Å². The quantitative estimate of drug-likeness (QED) is 0.813. The highest BCUT2D eigenvalue weighted by Gasteiger charge is 2.30. The molecule has 1 aromatic carbocycles. The van der Waals surface area contributed by atoms with Crippen LogP contribution in [0, 0.1) is 0 Å². The van der Waals surface area contributed by atoms with Gasteiger partial charge in [-0.2, -0.15) is 13.2 Å². The summed E-state index contributed by atoms with van der Waals surface area (Å²) in [5.41, 5.74) is 0.0656. The Morgan fingerprint density at radius 2 is 1.96 bits per heavy atom. The Morgan fingerprint density at radius 3 is 2.57 bits per heavy atom. The van der Waals surface area contributed by atoms with E-state index in [1.54, 1.807) is 0 Å². The van der Waals surface area contributed by atoms with Gasteiger partial charge in [-0.25, -0.2) is 0 Å². The third-order valence-electron chi connectivity index (χ3n) is 3.88. The van der Waals surface area contributed by atoms with Gasteiger partial charge in [0.1, 0.15) is 0 Å². The van der Waals surface area contributed by atoms with Gasteiger partial charge in [0.2, 0.25) is 0 Å². The van der Waals surface area contributed by atoms with E-state index >= 15 is 0 Å². The Kier molecular flexibility index (Phi) is 6.01. The first-order valence-electron chi connectivity index (χ1n) is 7.59. The molecule has 23 heavy (non-hydrogen) atoms. The number of benzene rings is 1. The zero-order valence-corrected chi connectivity index (χ0v) is 12.7. The second kappa shape index (κ2) is 7.79. The van der Waals surface area contributed by atoms with Crippen LogP contribution in [0.5, 0.6) is 0 Å². The van der Waals surface area contributed by atoms with E-state index in [2.05, 4.69) is 4.90 Å². The van der Waals surface area contributed by atoms with E-state index in [0.29, 0.717) is 19.6 Å². The van der Waals surface area contributed by atoms with E-state index in [4.69, 9.17) is 9.84 Å². The van der Waals surface area contributed by atoms with Crippen molar-refractivity contribution in [2.45, 2.75) is 31.5 Å². The standard InChI is InChI=1S/C16H20F3NO3/c17-16(18,19)13-6-4-12(5-7-13)14-11-20(9-10-23-14)8-2-1-3-15(21)22/h4-7,14H,1-3,8-11H2,(H,21,22). The van der Waals surface area contributed by atoms with E-state index < -0.39 is 17.7 Å². The molecule has 4 nitrogen and oxygen atoms in total. The predicted octanol–water partition coefficient (Wildman–Crippen LogP) is 3.33. The monoisotopic (exact) mass is 331 g/mol. The molecule has 0 aliphatic carbocycles. The number of carbonyl (C=O) groups is 1. The number of rotatable bonds is 6. The Hall–Kier alpha value is -1.60. The maximum Gasteiger partial charge on any atom is 0.416 e. The van der Waals surface area contributed by atoms with Crippen LogP contribution in [0.2, 0.25) is 0 Å². The van der Waals surface area contributed by atoms with E-state index in [1.165, 1.54) is 12.1 Å². The summed E-state index contributed by atoms with van der Waals surface area (Å²) in [7, 11) is 0. The fourth-order valence-corrected chi connectivity index (χ4v) is 2.61. The summed E-state index contributed by atoms with van der Waals surface area (Å²) in [5.74, 6) is -0.797. The molecule has 7 heteroatoms. The largest absolute Gasteiger partial charge is 0.481 e. The first-order valence-corrected chi connectivity index (χ1v) is 7.59. The minimum Gasteiger partial charge on any atom is -0.481 e. The van der Waals surface area contributed by atoms with E-state index in [0.717, 1.165) is 37.2 Å². The number of hydrogen-bond acceptors (Lipinski definition) is 3. The van der Waals surface area contributed by atoms with Crippen molar-refractivity contribution in [2.24, 2.45) is 0 Å². The van der Waals surface area contributed by atoms with Crippen molar-refractivity contribution >= 4 is 5.97 Å². The van der Waals surface area contributed by atoms with Crippen molar-refractivity contribution < 1.29 is 27.8 Å². The molecular formula is C16H20F3NO3. The number of carboxylic acids is 1. The highest BCUT2D eigenvalue weighted by molar-refractivity contribution is 5.66. The van der Waals surface area contributed by atoms with Gasteiger partial charge < -0.3 is 9.84 Å². The first kappa shape index (κ1) is 17.7. The number of unbranched alkanes of at least 4 members (excludes halogenated alkanes) is 1. The highest BCUT2D eigenvalue weighted by Crippen LogP contribution is 2.31. The fourth-order valence-electron chi connectivity index (χ4n) is 2.61. The lowest BCUT2D eigenvalue weighted by Gasteiger charge is -2.33. The van der Waals surface area contributed by atoms with Crippen LogP contribution in [0.15, 0.2) is 24.3 Å². The van der Waals surface area contributed by atoms with E-state index in [1.807, 2.05) is 0 Å². The van der Waals surface area contributed by atoms with Crippen LogP contribution in [0.3, 0.4) is 0 Å². The van der Waals surface area contributed by atoms with Gasteiger partial charge in [0.15, 0.2) is 0 Å². The number of morpholine rings is 1. The van der Waals surface area contributed by atoms with Crippen LogP contribution >= 0.6 is 0 Å². The zero-order valence-electron chi connectivity index (χ0n) is 12.7. The molecule has 1 fully saturated rings. The fraction of sp³-hybridized carbons (Fsp3) is 0.562. The molecule has 1 atom stereocenters. The SMILES string of the molecule is O=C(O)CCCCN1CCOC(c2ccc(C(F)(F)F)cc2)C1. The van der Waals surface area contributed by atoms with Crippen LogP contribution in [0.4, 0.5) is 13.2 Å². The van der Waals surface area contributed by atoms with Crippen LogP contribution in [-0.2, 0) is 15.7 Å². The number of aliphatic carboxylic acids is 1. The third-order valence-corrected chi connectivity index (χ3v) is 3.88. The van der Waals surface area contributed by atoms with E-state index in [9.17, 15) is 18.0 Å². The van der Waals surface area contributed by atoms with Gasteiger partial charge >= 0.3 is 12.1 Å². The van der Waals surface area contributed by atoms with Crippen LogP contribution < -0.4 is 0 Å². The van der Waals surface area contributed by atoms with Crippen LogP contribution in [0.25, 0.3) is 0 Å². The number of nitrogens with zero attached hydrogens (tertiary/aromatic N) is 1. The number of carboxylic acid groups (broad SMARTS) is 1. The third kappa shape index (κ3) is 5.51. The molecule has 1 N–H and O–H groups in total. The van der Waals surface area contributed by atoms with Gasteiger partial charge in [0.05, 0.1) is 18.3 Å². The minimum atomic E-state index is -4.33. The lowest BCUT2D eigenvalue weighted by Crippen LogP contribution is -2.38. The normalized spacial score (nSPS) is 19.7. The summed E-state index contributed by atoms with van der Waals surface area (Å²) in [5, 5.41) is 8.61. The average Bonchev–Trinajstić information content (AvgIpc) is 2.51. The zero-order chi connectivity index (χ0) is 16.9. The summed E-state index contributed by atoms with van der Waals surface area (Å²) in [6, 6.07) is 5.07. The molecule has 0 bridgehead atoms. The highest BCUT2D eigenvalue weighted by atomic mass is 19.4. The van der Waals surface area contributed by atoms with Crippen molar-refractivity contribution in [2.75, 3.05) is 26.2 Å². The van der Waals surface area contributed by atoms with Gasteiger partial charge in [0.25, 0.3) is 0 Å². The predicted molar refractivity (Wildman–Crippen MR) is 78.1 cm³/mol. The lowest BCUT2D eigenvalue weighted by atomic mass is 10.0. The van der Waals surface area contributed by atoms with Gasteiger partial charge in [-0.05, 0) is 37.1 Å². The molecule has 1 aromatic rings. The number of hydrogen-bond donors (Lipinski definition) is 1. The maximum atomic E-state index is 12.6. The summed E-state index contributed by atoms with van der Waals surface area (Å²) in [6.45, 7) is 2.65. The molecule has 0 amide bonds. The molecule has 128 valence electrons. The van der Waals surface area contributed by atoms with Crippen molar-refractivity contribution in [3.63, 3.8) is 0 Å². The summed E-state index contributed by atoms with van der Waals surface area (Å²) >= 11 is 0. The summed E-state index contributed by atoms with van der Waals surface area (Å²) in [6.07, 6.45) is -3.01. The number of halogens is 3. The summed E-state index contributed by atoms with van der Waals surface area (Å²) < 4.78 is 43.4. The van der Waals surface area contributed by atoms with Crippen LogP contribution in [0.1, 0.15) is 36.5 Å². The van der Waals surface area contributed by atoms with Crippen molar-refractivity contribution in [3.05, 3.63) is 35.4 Å². The Balaban J connectivity index is 1.87. The molecule has 0 aromatic heterocycles. The van der Waals surface area contributed by atoms with E-state index in [-0.39, 0.29) is 12.5 Å². The smallest absolute Gasteiger partial charge is 0.416 e. The molecule has 1 aliphatic rings. The van der Waals surface area contributed by atoms with Gasteiger partial charge in [0, 0.05) is 19.5 Å². The number of alkyl halides is 3. The van der Waals surface area contributed by atoms with Crippen molar-refractivity contribution in [1.29, 1.82) is 0 Å². The molecule has 1 saturated heterocycles. The maximum absolute atomic E-state index is 12.6. The second-order valence-electron chi connectivity index (χ2n) is 5.63. The first-order chi connectivity index (χ1) is 10.9. The molecule has 1 aliphatic heterocycles. The molecule has 0 spiro atoms. The Bertz CT molecular complexity index is 516.